The quantitative estimate of drug-likeness (QED) is 0.300. The third-order valence-corrected chi connectivity index (χ3v) is 0.432. The van der Waals surface area contributed by atoms with Crippen LogP contribution in [0.1, 0.15) is 0 Å². The average molecular weight is 247 g/mol. The van der Waals surface area contributed by atoms with Crippen LogP contribution in [-0.4, -0.2) is 32.5 Å². The van der Waals surface area contributed by atoms with Gasteiger partial charge in [0.25, 0.3) is 0 Å². The number of nitrogens with one attached hydrogen (secondary N) is 1. The molecule has 0 saturated heterocycles. The third kappa shape index (κ3) is 112. The van der Waals surface area contributed by atoms with E-state index in [1.165, 1.54) is 6.08 Å². The highest BCUT2D eigenvalue weighted by atomic mass is 31.1. The number of hydrogen-bond acceptors (Lipinski definition) is 3. The second-order valence-electron chi connectivity index (χ2n) is 1.32. The molecule has 0 aromatic carbocycles. The molecule has 0 aromatic heterocycles. The molecule has 1 amide bonds. The molecule has 0 fully saturated rings. The monoisotopic (exact) mass is 247 g/mol. The summed E-state index contributed by atoms with van der Waals surface area (Å²) in [6, 6.07) is 0. The Hall–Kier alpha value is -0.750. The molecule has 0 atom stereocenters. The molecular weight excluding hydrogens is 236 g/mol. The molecule has 82 valence electrons. The highest BCUT2D eigenvalue weighted by Crippen LogP contribution is 1.98. The molecule has 0 aliphatic carbocycles. The molecule has 0 aliphatic rings. The predicted molar refractivity (Wildman–Crippen MR) is 48.4 cm³/mol. The van der Waals surface area contributed by atoms with E-state index in [0.29, 0.717) is 0 Å². The van der Waals surface area contributed by atoms with Crippen LogP contribution >= 0.6 is 16.5 Å². The lowest BCUT2D eigenvalue weighted by Gasteiger charge is -1.82. The SMILES string of the molecule is C=CC(=O)NC.O=[P+](O)O.O=[P+](O)O. The lowest BCUT2D eigenvalue weighted by atomic mass is 10.6. The lowest BCUT2D eigenvalue weighted by molar-refractivity contribution is -0.116. The van der Waals surface area contributed by atoms with Crippen LogP contribution in [0.4, 0.5) is 0 Å². The van der Waals surface area contributed by atoms with Crippen molar-refractivity contribution in [2.75, 3.05) is 7.05 Å². The van der Waals surface area contributed by atoms with Crippen LogP contribution in [0.25, 0.3) is 0 Å². The number of carbonyl (C=O) groups excluding carboxylic acids is 1. The number of carbonyl (C=O) groups is 1. The maximum atomic E-state index is 9.95. The van der Waals surface area contributed by atoms with Gasteiger partial charge < -0.3 is 5.32 Å². The number of rotatable bonds is 1. The maximum absolute atomic E-state index is 9.95. The lowest BCUT2D eigenvalue weighted by Crippen LogP contribution is -2.13. The second kappa shape index (κ2) is 14.8. The third-order valence-electron chi connectivity index (χ3n) is 0.432. The Morgan fingerprint density at radius 3 is 1.43 bits per heavy atom. The summed E-state index contributed by atoms with van der Waals surface area (Å²) in [5.41, 5.74) is 0. The van der Waals surface area contributed by atoms with Gasteiger partial charge in [-0.2, -0.15) is 0 Å². The zero-order valence-corrected chi connectivity index (χ0v) is 8.98. The first-order chi connectivity index (χ1) is 6.27. The van der Waals surface area contributed by atoms with E-state index in [1.807, 2.05) is 0 Å². The van der Waals surface area contributed by atoms with E-state index in [4.69, 9.17) is 28.7 Å². The molecule has 8 nitrogen and oxygen atoms in total. The summed E-state index contributed by atoms with van der Waals surface area (Å²) < 4.78 is 17.4. The van der Waals surface area contributed by atoms with E-state index in [1.54, 1.807) is 7.05 Å². The summed E-state index contributed by atoms with van der Waals surface area (Å²) in [6.07, 6.45) is 1.22. The fraction of sp³-hybridized carbons (Fsp3) is 0.250. The molecule has 0 spiro atoms. The molecule has 0 heterocycles. The Kier molecular flexibility index (Phi) is 19.9. The van der Waals surface area contributed by atoms with Gasteiger partial charge in [0, 0.05) is 16.2 Å². The highest BCUT2D eigenvalue weighted by Gasteiger charge is 1.93. The van der Waals surface area contributed by atoms with Crippen molar-refractivity contribution in [2.45, 2.75) is 0 Å². The van der Waals surface area contributed by atoms with Crippen molar-refractivity contribution in [1.29, 1.82) is 0 Å². The van der Waals surface area contributed by atoms with Crippen molar-refractivity contribution in [3.05, 3.63) is 12.7 Å². The van der Waals surface area contributed by atoms with Crippen LogP contribution < -0.4 is 5.32 Å². The summed E-state index contributed by atoms with van der Waals surface area (Å²) in [7, 11) is -4.18. The van der Waals surface area contributed by atoms with Gasteiger partial charge in [-0.05, 0) is 6.08 Å². The molecule has 0 radical (unpaired) electrons. The first-order valence-corrected chi connectivity index (χ1v) is 5.15. The topological polar surface area (TPSA) is 144 Å². The molecule has 0 saturated carbocycles. The normalized spacial score (nSPS) is 6.64. The Balaban J connectivity index is -0.000000135. The molecule has 0 aliphatic heterocycles. The van der Waals surface area contributed by atoms with Gasteiger partial charge in [-0.1, -0.05) is 6.58 Å². The molecule has 0 unspecified atom stereocenters. The van der Waals surface area contributed by atoms with E-state index >= 15 is 0 Å². The molecule has 0 bridgehead atoms. The zero-order chi connectivity index (χ0) is 12.1. The van der Waals surface area contributed by atoms with Crippen LogP contribution in [0, 0.1) is 0 Å². The van der Waals surface area contributed by atoms with E-state index < -0.39 is 16.5 Å². The predicted octanol–water partition coefficient (Wildman–Crippen LogP) is -0.825. The van der Waals surface area contributed by atoms with E-state index in [2.05, 4.69) is 11.9 Å². The van der Waals surface area contributed by atoms with E-state index in [-0.39, 0.29) is 5.91 Å². The van der Waals surface area contributed by atoms with Crippen molar-refractivity contribution in [2.24, 2.45) is 0 Å². The highest BCUT2D eigenvalue weighted by molar-refractivity contribution is 7.31. The fourth-order valence-corrected chi connectivity index (χ4v) is 0.102. The molecule has 0 aromatic rings. The van der Waals surface area contributed by atoms with Gasteiger partial charge in [-0.25, -0.2) is 0 Å². The molecule has 0 rings (SSSR count). The van der Waals surface area contributed by atoms with Crippen LogP contribution in [0.15, 0.2) is 12.7 Å². The second-order valence-corrected chi connectivity index (χ2v) is 2.33. The van der Waals surface area contributed by atoms with Crippen LogP contribution in [0.3, 0.4) is 0 Å². The Morgan fingerprint density at radius 1 is 1.21 bits per heavy atom. The molecular formula is C4H11NO7P2+2. The number of amides is 1. The van der Waals surface area contributed by atoms with Gasteiger partial charge in [0.15, 0.2) is 0 Å². The van der Waals surface area contributed by atoms with Gasteiger partial charge >= 0.3 is 16.5 Å². The first kappa shape index (κ1) is 18.9. The van der Waals surface area contributed by atoms with E-state index in [0.717, 1.165) is 0 Å². The number of likely N-dealkylation sites (N-methyl/N-ethyl adjacent to an activating group) is 1. The molecule has 5 N–H and O–H groups in total. The minimum absolute atomic E-state index is 0.144. The largest absolute Gasteiger partial charge is 0.692 e. The number of hydrogen-bond donors (Lipinski definition) is 5. The van der Waals surface area contributed by atoms with Crippen molar-refractivity contribution in [3.63, 3.8) is 0 Å². The molecule has 14 heavy (non-hydrogen) atoms. The summed E-state index contributed by atoms with van der Waals surface area (Å²) in [4.78, 5) is 38.4. The van der Waals surface area contributed by atoms with Gasteiger partial charge in [0.05, 0.1) is 0 Å². The van der Waals surface area contributed by atoms with E-state index in [9.17, 15) is 4.79 Å². The van der Waals surface area contributed by atoms with Gasteiger partial charge in [-0.3, -0.25) is 4.79 Å². The minimum atomic E-state index is -2.87. The average Bonchev–Trinajstić information content (AvgIpc) is 2.01. The standard InChI is InChI=1S/C4H7NO.2HO3P/c1-3-4(6)5-2;2*1-4(2)3/h3H,1H2,2H3,(H,5,6);2*(H-,1,2,3)/p+2. The first-order valence-electron chi connectivity index (χ1n) is 2.82. The summed E-state index contributed by atoms with van der Waals surface area (Å²) in [6.45, 7) is 3.22. The smallest absolute Gasteiger partial charge is 0.356 e. The Morgan fingerprint density at radius 2 is 1.43 bits per heavy atom. The minimum Gasteiger partial charge on any atom is -0.356 e. The van der Waals surface area contributed by atoms with Crippen molar-refractivity contribution >= 4 is 22.4 Å². The van der Waals surface area contributed by atoms with Crippen molar-refractivity contribution in [3.8, 4) is 0 Å². The van der Waals surface area contributed by atoms with Crippen LogP contribution in [-0.2, 0) is 13.9 Å². The Bertz CT molecular complexity index is 186. The van der Waals surface area contributed by atoms with Crippen LogP contribution in [0.5, 0.6) is 0 Å². The molecule has 10 heteroatoms. The Labute approximate surface area is 81.8 Å². The van der Waals surface area contributed by atoms with Crippen molar-refractivity contribution in [1.82, 2.24) is 5.32 Å². The fourth-order valence-electron chi connectivity index (χ4n) is 0.102. The summed E-state index contributed by atoms with van der Waals surface area (Å²) >= 11 is 0. The van der Waals surface area contributed by atoms with Gasteiger partial charge in [-0.15, -0.1) is 19.6 Å². The summed E-state index contributed by atoms with van der Waals surface area (Å²) in [5, 5.41) is 2.36. The maximum Gasteiger partial charge on any atom is 0.692 e. The van der Waals surface area contributed by atoms with Gasteiger partial charge in [0.2, 0.25) is 5.91 Å². The van der Waals surface area contributed by atoms with Gasteiger partial charge in [0.1, 0.15) is 0 Å². The summed E-state index contributed by atoms with van der Waals surface area (Å²) in [5.74, 6) is -0.144. The zero-order valence-electron chi connectivity index (χ0n) is 7.19. The van der Waals surface area contributed by atoms with Crippen LogP contribution in [0.2, 0.25) is 0 Å². The van der Waals surface area contributed by atoms with Crippen molar-refractivity contribution < 1.29 is 33.5 Å².